The van der Waals surface area contributed by atoms with Crippen molar-refractivity contribution in [3.63, 3.8) is 0 Å². The van der Waals surface area contributed by atoms with Gasteiger partial charge in [-0.1, -0.05) is 57.4 Å². The molecule has 5 nitrogen and oxygen atoms in total. The topological polar surface area (TPSA) is 90.4 Å². The molecule has 6 heteroatoms. The molecule has 22 heavy (non-hydrogen) atoms. The van der Waals surface area contributed by atoms with Gasteiger partial charge in [-0.05, 0) is 29.9 Å². The van der Waals surface area contributed by atoms with Crippen molar-refractivity contribution in [1.29, 1.82) is 0 Å². The van der Waals surface area contributed by atoms with Crippen LogP contribution in [0.25, 0.3) is 0 Å². The molecular formula is C16H28N2O3S. The number of hydrogen-bond donors (Lipinski definition) is 2. The van der Waals surface area contributed by atoms with Gasteiger partial charge >= 0.3 is 10.3 Å². The summed E-state index contributed by atoms with van der Waals surface area (Å²) in [7, 11) is -3.67. The molecule has 0 radical (unpaired) electrons. The van der Waals surface area contributed by atoms with Crippen molar-refractivity contribution in [3.05, 3.63) is 35.4 Å². The van der Waals surface area contributed by atoms with Crippen molar-refractivity contribution in [3.8, 4) is 0 Å². The second-order valence-corrected chi connectivity index (χ2v) is 7.40. The zero-order chi connectivity index (χ0) is 15.3. The van der Waals surface area contributed by atoms with Crippen LogP contribution in [0.1, 0.15) is 63.0 Å². The van der Waals surface area contributed by atoms with Crippen LogP contribution in [-0.4, -0.2) is 14.5 Å². The maximum atomic E-state index is 12.0. The highest BCUT2D eigenvalue weighted by Gasteiger charge is 2.21. The van der Waals surface area contributed by atoms with Crippen LogP contribution in [-0.2, 0) is 21.1 Å². The summed E-state index contributed by atoms with van der Waals surface area (Å²) < 4.78 is 31.9. The average Bonchev–Trinajstić information content (AvgIpc) is 2.46. The van der Waals surface area contributed by atoms with Gasteiger partial charge < -0.3 is 6.15 Å². The Morgan fingerprint density at radius 1 is 1.18 bits per heavy atom. The molecule has 1 saturated carbocycles. The highest BCUT2D eigenvalue weighted by atomic mass is 32.2. The van der Waals surface area contributed by atoms with Gasteiger partial charge in [0, 0.05) is 6.04 Å². The van der Waals surface area contributed by atoms with Gasteiger partial charge in [0.15, 0.2) is 0 Å². The van der Waals surface area contributed by atoms with Crippen molar-refractivity contribution in [2.24, 2.45) is 0 Å². The number of benzene rings is 1. The predicted octanol–water partition coefficient (Wildman–Crippen LogP) is 3.66. The maximum Gasteiger partial charge on any atom is 0.336 e. The Labute approximate surface area is 134 Å². The van der Waals surface area contributed by atoms with E-state index in [2.05, 4.69) is 18.6 Å². The molecule has 0 amide bonds. The molecule has 0 bridgehead atoms. The first-order valence-electron chi connectivity index (χ1n) is 7.72. The first kappa shape index (κ1) is 19.1. The summed E-state index contributed by atoms with van der Waals surface area (Å²) in [6.45, 7) is 4.28. The molecule has 4 N–H and O–H groups in total. The lowest BCUT2D eigenvalue weighted by atomic mass is 9.96. The van der Waals surface area contributed by atoms with Crippen LogP contribution < -0.4 is 10.9 Å². The Kier molecular flexibility index (Phi) is 7.48. The Balaban J connectivity index is 0.00000242. The van der Waals surface area contributed by atoms with E-state index >= 15 is 0 Å². The van der Waals surface area contributed by atoms with E-state index in [1.165, 1.54) is 6.42 Å². The van der Waals surface area contributed by atoms with Crippen LogP contribution in [0.5, 0.6) is 0 Å². The summed E-state index contributed by atoms with van der Waals surface area (Å²) in [5.41, 5.74) is 2.06. The van der Waals surface area contributed by atoms with Crippen LogP contribution >= 0.6 is 0 Å². The largest absolute Gasteiger partial charge is 0.344 e. The van der Waals surface area contributed by atoms with Gasteiger partial charge in [-0.15, -0.1) is 0 Å². The minimum absolute atomic E-state index is 0. The summed E-state index contributed by atoms with van der Waals surface area (Å²) in [5, 5.41) is 0. The van der Waals surface area contributed by atoms with Crippen LogP contribution in [0.4, 0.5) is 0 Å². The highest BCUT2D eigenvalue weighted by molar-refractivity contribution is 7.84. The molecule has 1 aromatic carbocycles. The third-order valence-electron chi connectivity index (χ3n) is 3.96. The lowest BCUT2D eigenvalue weighted by molar-refractivity contribution is 0.289. The van der Waals surface area contributed by atoms with Crippen LogP contribution in [0, 0.1) is 0 Å². The lowest BCUT2D eigenvalue weighted by Gasteiger charge is -2.22. The fourth-order valence-electron chi connectivity index (χ4n) is 2.83. The average molecular weight is 328 g/mol. The monoisotopic (exact) mass is 328 g/mol. The van der Waals surface area contributed by atoms with Gasteiger partial charge in [0.25, 0.3) is 0 Å². The van der Waals surface area contributed by atoms with Gasteiger partial charge in [-0.2, -0.15) is 13.1 Å². The summed E-state index contributed by atoms with van der Waals surface area (Å²) >= 11 is 0. The molecule has 1 fully saturated rings. The summed E-state index contributed by atoms with van der Waals surface area (Å²) in [4.78, 5) is 0. The Morgan fingerprint density at radius 2 is 1.82 bits per heavy atom. The van der Waals surface area contributed by atoms with Crippen molar-refractivity contribution in [2.75, 3.05) is 0 Å². The highest BCUT2D eigenvalue weighted by Crippen LogP contribution is 2.21. The van der Waals surface area contributed by atoms with E-state index < -0.39 is 10.3 Å². The zero-order valence-electron chi connectivity index (χ0n) is 13.5. The van der Waals surface area contributed by atoms with Crippen molar-refractivity contribution < 1.29 is 12.6 Å². The maximum absolute atomic E-state index is 12.0. The quantitative estimate of drug-likeness (QED) is 0.834. The van der Waals surface area contributed by atoms with Gasteiger partial charge in [0.2, 0.25) is 0 Å². The first-order chi connectivity index (χ1) is 9.98. The number of hydrogen-bond acceptors (Lipinski definition) is 4. The first-order valence-corrected chi connectivity index (χ1v) is 9.13. The van der Waals surface area contributed by atoms with Gasteiger partial charge in [-0.25, -0.2) is 0 Å². The molecule has 0 atom stereocenters. The van der Waals surface area contributed by atoms with Gasteiger partial charge in [-0.3, -0.25) is 4.18 Å². The standard InChI is InChI=1S/C16H25NO3S.H3N/c1-13(2)16-11-7-6-8-14(16)12-20-21(18,19)17-15-9-4-3-5-10-15;/h6-8,11,13,15,17H,3-5,9-10,12H2,1-2H3;1H3. The molecule has 126 valence electrons. The van der Waals surface area contributed by atoms with Gasteiger partial charge in [0.1, 0.15) is 0 Å². The van der Waals surface area contributed by atoms with Crippen LogP contribution in [0.15, 0.2) is 24.3 Å². The number of rotatable bonds is 6. The van der Waals surface area contributed by atoms with E-state index in [0.717, 1.165) is 36.8 Å². The molecule has 0 unspecified atom stereocenters. The van der Waals surface area contributed by atoms with E-state index in [4.69, 9.17) is 4.18 Å². The fraction of sp³-hybridized carbons (Fsp3) is 0.625. The molecule has 0 spiro atoms. The van der Waals surface area contributed by atoms with Crippen molar-refractivity contribution >= 4 is 10.3 Å². The van der Waals surface area contributed by atoms with E-state index in [0.29, 0.717) is 5.92 Å². The van der Waals surface area contributed by atoms with Crippen molar-refractivity contribution in [2.45, 2.75) is 64.5 Å². The summed E-state index contributed by atoms with van der Waals surface area (Å²) in [6, 6.07) is 7.85. The second-order valence-electron chi connectivity index (χ2n) is 6.02. The Bertz CT molecular complexity index is 552. The molecule has 0 aliphatic heterocycles. The minimum atomic E-state index is -3.67. The molecule has 1 aliphatic carbocycles. The van der Waals surface area contributed by atoms with E-state index in [1.807, 2.05) is 24.3 Å². The molecule has 0 heterocycles. The Morgan fingerprint density at radius 3 is 2.45 bits per heavy atom. The van der Waals surface area contributed by atoms with E-state index in [1.54, 1.807) is 0 Å². The van der Waals surface area contributed by atoms with Crippen molar-refractivity contribution in [1.82, 2.24) is 10.9 Å². The van der Waals surface area contributed by atoms with E-state index in [9.17, 15) is 8.42 Å². The zero-order valence-corrected chi connectivity index (χ0v) is 14.4. The van der Waals surface area contributed by atoms with E-state index in [-0.39, 0.29) is 18.8 Å². The summed E-state index contributed by atoms with van der Waals surface area (Å²) in [5.74, 6) is 0.346. The summed E-state index contributed by atoms with van der Waals surface area (Å²) in [6.07, 6.45) is 5.18. The predicted molar refractivity (Wildman–Crippen MR) is 89.3 cm³/mol. The number of nitrogens with one attached hydrogen (secondary N) is 1. The molecule has 1 aliphatic rings. The second kappa shape index (κ2) is 8.62. The Hall–Kier alpha value is -0.950. The third kappa shape index (κ3) is 5.68. The van der Waals surface area contributed by atoms with Crippen LogP contribution in [0.2, 0.25) is 0 Å². The molecular weight excluding hydrogens is 300 g/mol. The molecule has 2 rings (SSSR count). The SMILES string of the molecule is CC(C)c1ccccc1COS(=O)(=O)NC1CCCCC1.N. The fourth-order valence-corrected chi connectivity index (χ4v) is 3.82. The normalized spacial score (nSPS) is 16.5. The molecule has 0 saturated heterocycles. The molecule has 1 aromatic rings. The minimum Gasteiger partial charge on any atom is -0.344 e. The lowest BCUT2D eigenvalue weighted by Crippen LogP contribution is -2.37. The smallest absolute Gasteiger partial charge is 0.336 e. The third-order valence-corrected chi connectivity index (χ3v) is 5.01. The van der Waals surface area contributed by atoms with Gasteiger partial charge in [0.05, 0.1) is 6.61 Å². The molecule has 0 aromatic heterocycles. The van der Waals surface area contributed by atoms with Crippen LogP contribution in [0.3, 0.4) is 0 Å².